The van der Waals surface area contributed by atoms with Crippen LogP contribution in [0.3, 0.4) is 0 Å². The molecule has 0 spiro atoms. The van der Waals surface area contributed by atoms with E-state index in [-0.39, 0.29) is 12.3 Å². The van der Waals surface area contributed by atoms with Gasteiger partial charge in [-0.3, -0.25) is 4.90 Å². The van der Waals surface area contributed by atoms with Crippen LogP contribution in [0.1, 0.15) is 25.6 Å². The highest BCUT2D eigenvalue weighted by molar-refractivity contribution is 6.69. The molecule has 0 aliphatic carbocycles. The third-order valence-corrected chi connectivity index (χ3v) is 4.17. The average Bonchev–Trinajstić information content (AvgIpc) is 2.45. The van der Waals surface area contributed by atoms with Crippen LogP contribution in [0.15, 0.2) is 30.3 Å². The molecule has 0 saturated heterocycles. The molecule has 5 heteroatoms. The number of rotatable bonds is 6. The molecule has 1 aromatic carbocycles. The molecular formula is C16H28N2O2Si. The Balaban J connectivity index is 3.04. The van der Waals surface area contributed by atoms with Crippen LogP contribution in [-0.2, 0) is 4.43 Å². The number of amides is 2. The number of carbonyl (C=O) groups is 1. The molecule has 0 radical (unpaired) electrons. The lowest BCUT2D eigenvalue weighted by atomic mass is 10.2. The highest BCUT2D eigenvalue weighted by atomic mass is 28.4. The number of urea groups is 1. The molecule has 0 aliphatic heterocycles. The van der Waals surface area contributed by atoms with E-state index in [1.54, 1.807) is 4.90 Å². The van der Waals surface area contributed by atoms with Crippen LogP contribution < -0.4 is 0 Å². The first-order valence-corrected chi connectivity index (χ1v) is 11.0. The Morgan fingerprint density at radius 1 is 1.14 bits per heavy atom. The third-order valence-electron chi connectivity index (χ3n) is 3.24. The minimum Gasteiger partial charge on any atom is -0.394 e. The summed E-state index contributed by atoms with van der Waals surface area (Å²) < 4.78 is 6.26. The van der Waals surface area contributed by atoms with Crippen molar-refractivity contribution in [3.63, 3.8) is 0 Å². The Bertz CT molecular complexity index is 441. The second-order valence-electron chi connectivity index (χ2n) is 6.06. The van der Waals surface area contributed by atoms with Gasteiger partial charge in [-0.15, -0.1) is 0 Å². The van der Waals surface area contributed by atoms with Crippen molar-refractivity contribution in [2.45, 2.75) is 39.7 Å². The van der Waals surface area contributed by atoms with Crippen LogP contribution in [0.2, 0.25) is 19.6 Å². The predicted molar refractivity (Wildman–Crippen MR) is 89.7 cm³/mol. The highest BCUT2D eigenvalue weighted by Gasteiger charge is 2.29. The molecule has 0 saturated carbocycles. The molecule has 4 nitrogen and oxygen atoms in total. The van der Waals surface area contributed by atoms with Gasteiger partial charge in [0.15, 0.2) is 8.32 Å². The first kappa shape index (κ1) is 17.7. The Morgan fingerprint density at radius 3 is 2.10 bits per heavy atom. The average molecular weight is 308 g/mol. The quantitative estimate of drug-likeness (QED) is 0.589. The van der Waals surface area contributed by atoms with Crippen molar-refractivity contribution in [1.82, 2.24) is 9.80 Å². The summed E-state index contributed by atoms with van der Waals surface area (Å²) in [6, 6.07) is 9.96. The second-order valence-corrected chi connectivity index (χ2v) is 10.5. The van der Waals surface area contributed by atoms with Gasteiger partial charge in [0.2, 0.25) is 0 Å². The molecule has 0 N–H and O–H groups in total. The van der Waals surface area contributed by atoms with E-state index in [2.05, 4.69) is 19.6 Å². The SMILES string of the molecule is CCN(CC)C(=O)N(C)C(O[Si](C)(C)C)c1ccccc1. The minimum absolute atomic E-state index is 0.00658. The summed E-state index contributed by atoms with van der Waals surface area (Å²) in [6.45, 7) is 11.8. The Labute approximate surface area is 129 Å². The van der Waals surface area contributed by atoms with E-state index in [0.717, 1.165) is 5.56 Å². The Kier molecular flexibility index (Phi) is 6.42. The van der Waals surface area contributed by atoms with Crippen molar-refractivity contribution >= 4 is 14.3 Å². The van der Waals surface area contributed by atoms with Crippen molar-refractivity contribution in [2.75, 3.05) is 20.1 Å². The number of hydrogen-bond acceptors (Lipinski definition) is 2. The van der Waals surface area contributed by atoms with Crippen LogP contribution in [0.5, 0.6) is 0 Å². The normalized spacial score (nSPS) is 12.9. The standard InChI is InChI=1S/C16H28N2O2Si/c1-7-18(8-2)16(19)17(3)15(20-21(4,5)6)14-12-10-9-11-13-14/h9-13,15H,7-8H2,1-6H3. The van der Waals surface area contributed by atoms with Crippen molar-refractivity contribution in [3.8, 4) is 0 Å². The molecule has 21 heavy (non-hydrogen) atoms. The fourth-order valence-corrected chi connectivity index (χ4v) is 3.10. The molecule has 0 aromatic heterocycles. The maximum atomic E-state index is 12.6. The third kappa shape index (κ3) is 5.17. The number of hydrogen-bond donors (Lipinski definition) is 0. The molecule has 118 valence electrons. The lowest BCUT2D eigenvalue weighted by Gasteiger charge is -2.36. The lowest BCUT2D eigenvalue weighted by molar-refractivity contribution is 0.0469. The fraction of sp³-hybridized carbons (Fsp3) is 0.562. The zero-order valence-corrected chi connectivity index (χ0v) is 15.1. The second kappa shape index (κ2) is 7.61. The van der Waals surface area contributed by atoms with Gasteiger partial charge in [0.1, 0.15) is 6.23 Å². The predicted octanol–water partition coefficient (Wildman–Crippen LogP) is 3.93. The first-order valence-electron chi connectivity index (χ1n) is 7.54. The van der Waals surface area contributed by atoms with Crippen LogP contribution in [0.4, 0.5) is 4.79 Å². The van der Waals surface area contributed by atoms with Gasteiger partial charge in [-0.1, -0.05) is 30.3 Å². The molecule has 2 amide bonds. The van der Waals surface area contributed by atoms with Crippen LogP contribution in [0.25, 0.3) is 0 Å². The van der Waals surface area contributed by atoms with Gasteiger partial charge in [0.05, 0.1) is 0 Å². The minimum atomic E-state index is -1.78. The van der Waals surface area contributed by atoms with Gasteiger partial charge in [0, 0.05) is 25.7 Å². The van der Waals surface area contributed by atoms with Gasteiger partial charge >= 0.3 is 6.03 Å². The number of benzene rings is 1. The topological polar surface area (TPSA) is 32.8 Å². The van der Waals surface area contributed by atoms with Gasteiger partial charge in [-0.25, -0.2) is 4.79 Å². The summed E-state index contributed by atoms with van der Waals surface area (Å²) in [5.41, 5.74) is 1.02. The van der Waals surface area contributed by atoms with E-state index >= 15 is 0 Å². The summed E-state index contributed by atoms with van der Waals surface area (Å²) in [6.07, 6.45) is -0.328. The highest BCUT2D eigenvalue weighted by Crippen LogP contribution is 2.26. The van der Waals surface area contributed by atoms with Crippen LogP contribution >= 0.6 is 0 Å². The molecule has 0 bridgehead atoms. The van der Waals surface area contributed by atoms with Crippen LogP contribution in [0, 0.1) is 0 Å². The summed E-state index contributed by atoms with van der Waals surface area (Å²) in [5.74, 6) is 0. The summed E-state index contributed by atoms with van der Waals surface area (Å²) >= 11 is 0. The van der Waals surface area contributed by atoms with E-state index in [9.17, 15) is 4.79 Å². The monoisotopic (exact) mass is 308 g/mol. The molecule has 1 unspecified atom stereocenters. The summed E-state index contributed by atoms with van der Waals surface area (Å²) in [7, 11) is 0.0386. The molecule has 0 aliphatic rings. The van der Waals surface area contributed by atoms with E-state index in [1.807, 2.05) is 56.1 Å². The smallest absolute Gasteiger partial charge is 0.322 e. The summed E-state index contributed by atoms with van der Waals surface area (Å²) in [4.78, 5) is 16.1. The molecule has 1 aromatic rings. The van der Waals surface area contributed by atoms with E-state index in [4.69, 9.17) is 4.43 Å². The van der Waals surface area contributed by atoms with Gasteiger partial charge in [-0.2, -0.15) is 0 Å². The molecule has 1 atom stereocenters. The molecule has 0 heterocycles. The first-order chi connectivity index (χ1) is 9.80. The van der Waals surface area contributed by atoms with E-state index < -0.39 is 8.32 Å². The van der Waals surface area contributed by atoms with Gasteiger partial charge in [0.25, 0.3) is 0 Å². The van der Waals surface area contributed by atoms with E-state index in [0.29, 0.717) is 13.1 Å². The number of carbonyl (C=O) groups excluding carboxylic acids is 1. The van der Waals surface area contributed by atoms with Gasteiger partial charge in [-0.05, 0) is 33.5 Å². The molecule has 0 fully saturated rings. The summed E-state index contributed by atoms with van der Waals surface area (Å²) in [5, 5.41) is 0. The van der Waals surface area contributed by atoms with Crippen molar-refractivity contribution < 1.29 is 9.22 Å². The zero-order valence-electron chi connectivity index (χ0n) is 14.1. The maximum Gasteiger partial charge on any atom is 0.322 e. The molecule has 1 rings (SSSR count). The van der Waals surface area contributed by atoms with Crippen molar-refractivity contribution in [1.29, 1.82) is 0 Å². The number of nitrogens with zero attached hydrogens (tertiary/aromatic N) is 2. The lowest BCUT2D eigenvalue weighted by Crippen LogP contribution is -2.45. The largest absolute Gasteiger partial charge is 0.394 e. The van der Waals surface area contributed by atoms with Crippen LogP contribution in [-0.4, -0.2) is 44.3 Å². The molecular weight excluding hydrogens is 280 g/mol. The Morgan fingerprint density at radius 2 is 1.67 bits per heavy atom. The fourth-order valence-electron chi connectivity index (χ4n) is 2.14. The maximum absolute atomic E-state index is 12.6. The zero-order chi connectivity index (χ0) is 16.0. The van der Waals surface area contributed by atoms with Crippen molar-refractivity contribution in [3.05, 3.63) is 35.9 Å². The Hall–Kier alpha value is -1.33. The van der Waals surface area contributed by atoms with E-state index in [1.165, 1.54) is 0 Å². The van der Waals surface area contributed by atoms with Crippen molar-refractivity contribution in [2.24, 2.45) is 0 Å². The van der Waals surface area contributed by atoms with Gasteiger partial charge < -0.3 is 9.33 Å².